The number of nitrogens with zero attached hydrogens (tertiary/aromatic N) is 3. The van der Waals surface area contributed by atoms with E-state index in [1.165, 1.54) is 83.6 Å². The first kappa shape index (κ1) is 43.2. The molecule has 2 aliphatic heterocycles. The van der Waals surface area contributed by atoms with Crippen LogP contribution in [0.25, 0.3) is 11.1 Å². The van der Waals surface area contributed by atoms with Gasteiger partial charge in [-0.3, -0.25) is 4.90 Å². The van der Waals surface area contributed by atoms with Crippen LogP contribution in [0.5, 0.6) is 0 Å². The Kier molecular flexibility index (Phi) is 9.74. The zero-order chi connectivity index (χ0) is 45.4. The lowest BCUT2D eigenvalue weighted by Crippen LogP contribution is -2.62. The highest BCUT2D eigenvalue weighted by molar-refractivity contribution is 7.00. The molecule has 3 aliphatic rings. The third-order valence-corrected chi connectivity index (χ3v) is 14.8. The summed E-state index contributed by atoms with van der Waals surface area (Å²) in [5, 5.41) is 0. The van der Waals surface area contributed by atoms with Gasteiger partial charge in [0.2, 0.25) is 0 Å². The van der Waals surface area contributed by atoms with Crippen molar-refractivity contribution in [2.24, 2.45) is 0 Å². The van der Waals surface area contributed by atoms with E-state index in [0.29, 0.717) is 0 Å². The van der Waals surface area contributed by atoms with Crippen molar-refractivity contribution in [3.63, 3.8) is 0 Å². The number of rotatable bonds is 3. The van der Waals surface area contributed by atoms with Crippen LogP contribution in [0.2, 0.25) is 0 Å². The molecule has 1 aromatic heterocycles. The van der Waals surface area contributed by atoms with Gasteiger partial charge in [0, 0.05) is 34.5 Å². The molecule has 5 aromatic carbocycles. The molecule has 0 atom stereocenters. The number of benzene rings is 5. The van der Waals surface area contributed by atoms with Crippen molar-refractivity contribution in [2.45, 2.75) is 156 Å². The van der Waals surface area contributed by atoms with Crippen molar-refractivity contribution in [3.8, 4) is 11.1 Å². The van der Waals surface area contributed by atoms with E-state index in [2.05, 4.69) is 230 Å². The summed E-state index contributed by atoms with van der Waals surface area (Å²) in [7, 11) is 0. The molecule has 3 heterocycles. The van der Waals surface area contributed by atoms with E-state index in [0.717, 1.165) is 24.3 Å². The number of aromatic nitrogens is 1. The minimum absolute atomic E-state index is 0.00754. The number of hydrogen-bond donors (Lipinski definition) is 0. The second kappa shape index (κ2) is 14.2. The van der Waals surface area contributed by atoms with Crippen molar-refractivity contribution >= 4 is 57.4 Å². The fourth-order valence-electron chi connectivity index (χ4n) is 10.5. The molecule has 63 heavy (non-hydrogen) atoms. The van der Waals surface area contributed by atoms with Crippen molar-refractivity contribution < 1.29 is 0 Å². The molecule has 324 valence electrons. The minimum Gasteiger partial charge on any atom is -0.311 e. The summed E-state index contributed by atoms with van der Waals surface area (Å²) in [6.07, 6.45) is 4.38. The fourth-order valence-corrected chi connectivity index (χ4v) is 10.5. The number of pyridine rings is 1. The van der Waals surface area contributed by atoms with Crippen LogP contribution in [0.1, 0.15) is 157 Å². The summed E-state index contributed by atoms with van der Waals surface area (Å²) >= 11 is 0. The van der Waals surface area contributed by atoms with Gasteiger partial charge in [-0.25, -0.2) is 4.98 Å². The zero-order valence-electron chi connectivity index (χ0n) is 41.2. The van der Waals surface area contributed by atoms with Crippen LogP contribution in [0, 0.1) is 0 Å². The topological polar surface area (TPSA) is 19.4 Å². The molecule has 9 rings (SSSR count). The number of anilines is 6. The largest absolute Gasteiger partial charge is 0.311 e. The Labute approximate surface area is 380 Å². The Morgan fingerprint density at radius 2 is 0.937 bits per heavy atom. The Balaban J connectivity index is 1.40. The molecule has 0 spiro atoms. The average Bonchev–Trinajstić information content (AvgIpc) is 3.20. The molecule has 0 fully saturated rings. The maximum absolute atomic E-state index is 5.41. The number of fused-ring (bicyclic) bond motifs is 5. The summed E-state index contributed by atoms with van der Waals surface area (Å²) < 4.78 is 0. The molecule has 1 aliphatic carbocycles. The van der Waals surface area contributed by atoms with Gasteiger partial charge in [-0.15, -0.1) is 0 Å². The van der Waals surface area contributed by atoms with E-state index in [-0.39, 0.29) is 39.2 Å². The predicted molar refractivity (Wildman–Crippen MR) is 274 cm³/mol. The standard InChI is InChI=1S/C59H70BN3/c1-54(2,3)38-19-17-37(18-20-38)43-33-40(56(7,8)9)23-27-48(43)63-50-29-32-61-53-52(50)60(47-35-44-45(36-51(47)63)59(15,16)31-30-58(44,13)14)46-34-41(57(10,11)12)24-28-49(46)62(53)42-25-21-39(22-26-42)55(4,5)6/h17-29,32-36H,30-31H2,1-16H3. The summed E-state index contributed by atoms with van der Waals surface area (Å²) in [4.78, 5) is 10.5. The smallest absolute Gasteiger partial charge is 0.254 e. The van der Waals surface area contributed by atoms with Crippen molar-refractivity contribution in [1.29, 1.82) is 0 Å². The Morgan fingerprint density at radius 1 is 0.460 bits per heavy atom. The molecule has 4 heteroatoms. The van der Waals surface area contributed by atoms with Gasteiger partial charge in [-0.05, 0) is 143 Å². The van der Waals surface area contributed by atoms with Crippen LogP contribution < -0.4 is 26.2 Å². The molecular formula is C59H70BN3. The molecular weight excluding hydrogens is 761 g/mol. The Morgan fingerprint density at radius 3 is 1.49 bits per heavy atom. The highest BCUT2D eigenvalue weighted by Crippen LogP contribution is 2.51. The molecule has 0 saturated heterocycles. The van der Waals surface area contributed by atoms with Crippen molar-refractivity contribution in [2.75, 3.05) is 9.80 Å². The van der Waals surface area contributed by atoms with E-state index in [9.17, 15) is 0 Å². The van der Waals surface area contributed by atoms with Crippen molar-refractivity contribution in [1.82, 2.24) is 4.98 Å². The summed E-state index contributed by atoms with van der Waals surface area (Å²) in [6, 6.07) is 40.7. The second-order valence-corrected chi connectivity index (χ2v) is 24.5. The first-order chi connectivity index (χ1) is 29.3. The molecule has 0 N–H and O–H groups in total. The monoisotopic (exact) mass is 832 g/mol. The van der Waals surface area contributed by atoms with Gasteiger partial charge < -0.3 is 4.90 Å². The molecule has 0 bridgehead atoms. The highest BCUT2D eigenvalue weighted by Gasteiger charge is 2.47. The van der Waals surface area contributed by atoms with Crippen molar-refractivity contribution in [3.05, 3.63) is 143 Å². The van der Waals surface area contributed by atoms with Crippen LogP contribution in [-0.4, -0.2) is 11.7 Å². The Hall–Kier alpha value is -5.09. The molecule has 0 unspecified atom stereocenters. The molecule has 0 saturated carbocycles. The van der Waals surface area contributed by atoms with Gasteiger partial charge in [0.05, 0.1) is 5.69 Å². The summed E-state index contributed by atoms with van der Waals surface area (Å²) in [5.74, 6) is 1.01. The lowest BCUT2D eigenvalue weighted by molar-refractivity contribution is 0.332. The zero-order valence-corrected chi connectivity index (χ0v) is 41.2. The maximum Gasteiger partial charge on any atom is 0.254 e. The van der Waals surface area contributed by atoms with Gasteiger partial charge in [0.25, 0.3) is 6.71 Å². The van der Waals surface area contributed by atoms with E-state index in [1.54, 1.807) is 0 Å². The highest BCUT2D eigenvalue weighted by atomic mass is 15.2. The second-order valence-electron chi connectivity index (χ2n) is 24.5. The van der Waals surface area contributed by atoms with Gasteiger partial charge in [0.15, 0.2) is 0 Å². The third-order valence-electron chi connectivity index (χ3n) is 14.8. The average molecular weight is 832 g/mol. The normalized spacial score (nSPS) is 16.6. The van der Waals surface area contributed by atoms with Gasteiger partial charge >= 0.3 is 0 Å². The first-order valence-electron chi connectivity index (χ1n) is 23.5. The maximum atomic E-state index is 5.41. The molecule has 0 amide bonds. The van der Waals surface area contributed by atoms with E-state index >= 15 is 0 Å². The lowest BCUT2D eigenvalue weighted by atomic mass is 9.33. The Bertz CT molecular complexity index is 2760. The third kappa shape index (κ3) is 7.25. The van der Waals surface area contributed by atoms with E-state index < -0.39 is 0 Å². The van der Waals surface area contributed by atoms with Crippen LogP contribution in [0.4, 0.5) is 34.3 Å². The number of hydrogen-bond acceptors (Lipinski definition) is 3. The minimum atomic E-state index is -0.0239. The van der Waals surface area contributed by atoms with E-state index in [1.807, 2.05) is 0 Å². The quantitative estimate of drug-likeness (QED) is 0.165. The lowest BCUT2D eigenvalue weighted by Gasteiger charge is -2.47. The first-order valence-corrected chi connectivity index (χ1v) is 23.5. The van der Waals surface area contributed by atoms with Crippen LogP contribution in [0.15, 0.2) is 109 Å². The van der Waals surface area contributed by atoms with Crippen LogP contribution >= 0.6 is 0 Å². The van der Waals surface area contributed by atoms with Crippen LogP contribution in [0.3, 0.4) is 0 Å². The predicted octanol–water partition coefficient (Wildman–Crippen LogP) is 14.4. The molecule has 6 aromatic rings. The van der Waals surface area contributed by atoms with Gasteiger partial charge in [-0.1, -0.05) is 171 Å². The van der Waals surface area contributed by atoms with Crippen LogP contribution in [-0.2, 0) is 32.5 Å². The summed E-state index contributed by atoms with van der Waals surface area (Å²) in [5.41, 5.74) is 20.9. The van der Waals surface area contributed by atoms with E-state index in [4.69, 9.17) is 4.98 Å². The fraction of sp³-hybridized carbons (Fsp3) is 0.407. The van der Waals surface area contributed by atoms with Gasteiger partial charge in [-0.2, -0.15) is 0 Å². The SMILES string of the molecule is CC(C)(C)c1ccc(-c2cc(C(C)(C)C)ccc2N2c3cc4c(cc3B3c5cc(C(C)(C)C)ccc5N(c5ccc(C(C)(C)C)cc5)c5nccc2c53)C(C)(C)CCC4(C)C)cc1. The van der Waals surface area contributed by atoms with Gasteiger partial charge in [0.1, 0.15) is 5.82 Å². The summed E-state index contributed by atoms with van der Waals surface area (Å²) in [6.45, 7) is 37.7. The molecule has 3 nitrogen and oxygen atoms in total. The molecule has 0 radical (unpaired) electrons.